The molecule has 0 saturated carbocycles. The fourth-order valence-electron chi connectivity index (χ4n) is 1.53. The quantitative estimate of drug-likeness (QED) is 0.908. The van der Waals surface area contributed by atoms with Gasteiger partial charge >= 0.3 is 6.36 Å². The van der Waals surface area contributed by atoms with Crippen molar-refractivity contribution in [3.05, 3.63) is 48.3 Å². The fourth-order valence-corrected chi connectivity index (χ4v) is 2.62. The normalized spacial score (nSPS) is 12.0. The van der Waals surface area contributed by atoms with Crippen LogP contribution >= 0.6 is 0 Å². The lowest BCUT2D eigenvalue weighted by molar-refractivity contribution is -0.274. The fraction of sp³-hybridized carbons (Fsp3) is 0.167. The van der Waals surface area contributed by atoms with Crippen molar-refractivity contribution >= 4 is 16.0 Å². The van der Waals surface area contributed by atoms with Gasteiger partial charge in [-0.25, -0.2) is 18.4 Å². The molecular weight excluding hydrogens is 323 g/mol. The van der Waals surface area contributed by atoms with Gasteiger partial charge in [-0.2, -0.15) is 0 Å². The van der Waals surface area contributed by atoms with Crippen LogP contribution in [-0.4, -0.2) is 24.7 Å². The first-order valence-corrected chi connectivity index (χ1v) is 7.51. The summed E-state index contributed by atoms with van der Waals surface area (Å²) in [6, 6.07) is 6.06. The van der Waals surface area contributed by atoms with Crippen molar-refractivity contribution in [3.8, 4) is 5.75 Å². The zero-order valence-electron chi connectivity index (χ0n) is 10.9. The second-order valence-electron chi connectivity index (χ2n) is 4.13. The minimum absolute atomic E-state index is 0.0838. The standard InChI is InChI=1S/C12H10F3N3O3S/c13-12(14,15)21-10-4-2-9(3-5-10)8-22(19,20)18-11-16-6-1-7-17-11/h1-7H,8H2,(H,16,17,18). The third-order valence-corrected chi connectivity index (χ3v) is 3.53. The van der Waals surface area contributed by atoms with Crippen LogP contribution in [0.25, 0.3) is 0 Å². The van der Waals surface area contributed by atoms with Crippen LogP contribution in [0.15, 0.2) is 42.7 Å². The summed E-state index contributed by atoms with van der Waals surface area (Å²) in [6.07, 6.45) is -2.05. The Hall–Kier alpha value is -2.36. The van der Waals surface area contributed by atoms with E-state index >= 15 is 0 Å². The summed E-state index contributed by atoms with van der Waals surface area (Å²) in [7, 11) is -3.77. The van der Waals surface area contributed by atoms with Crippen LogP contribution < -0.4 is 9.46 Å². The Bertz CT molecular complexity index is 719. The Morgan fingerprint density at radius 3 is 2.23 bits per heavy atom. The molecule has 10 heteroatoms. The van der Waals surface area contributed by atoms with Crippen molar-refractivity contribution in [2.75, 3.05) is 4.72 Å². The molecule has 0 aliphatic carbocycles. The molecular formula is C12H10F3N3O3S. The zero-order valence-corrected chi connectivity index (χ0v) is 11.7. The van der Waals surface area contributed by atoms with Crippen LogP contribution in [0.1, 0.15) is 5.56 Å². The molecule has 0 spiro atoms. The number of rotatable bonds is 5. The van der Waals surface area contributed by atoms with Gasteiger partial charge in [0.15, 0.2) is 0 Å². The smallest absolute Gasteiger partial charge is 0.406 e. The van der Waals surface area contributed by atoms with Crippen molar-refractivity contribution in [1.29, 1.82) is 0 Å². The third kappa shape index (κ3) is 5.20. The van der Waals surface area contributed by atoms with Crippen LogP contribution in [0.2, 0.25) is 0 Å². The molecule has 0 fully saturated rings. The Kier molecular flexibility index (Phi) is 4.50. The predicted octanol–water partition coefficient (Wildman–Crippen LogP) is 2.32. The molecule has 22 heavy (non-hydrogen) atoms. The lowest BCUT2D eigenvalue weighted by Crippen LogP contribution is -2.18. The van der Waals surface area contributed by atoms with Crippen LogP contribution in [0.4, 0.5) is 19.1 Å². The molecule has 6 nitrogen and oxygen atoms in total. The van der Waals surface area contributed by atoms with Gasteiger partial charge in [0.05, 0.1) is 5.75 Å². The number of alkyl halides is 3. The van der Waals surface area contributed by atoms with Gasteiger partial charge in [0.1, 0.15) is 5.75 Å². The van der Waals surface area contributed by atoms with Crippen LogP contribution in [-0.2, 0) is 15.8 Å². The summed E-state index contributed by atoms with van der Waals surface area (Å²) < 4.78 is 65.7. The van der Waals surface area contributed by atoms with Crippen molar-refractivity contribution in [2.45, 2.75) is 12.1 Å². The first-order valence-electron chi connectivity index (χ1n) is 5.86. The second-order valence-corrected chi connectivity index (χ2v) is 5.85. The van der Waals surface area contributed by atoms with Crippen LogP contribution in [0.3, 0.4) is 0 Å². The molecule has 2 aromatic rings. The molecule has 1 aromatic heterocycles. The van der Waals surface area contributed by atoms with E-state index in [4.69, 9.17) is 0 Å². The van der Waals surface area contributed by atoms with E-state index in [0.717, 1.165) is 12.1 Å². The largest absolute Gasteiger partial charge is 0.573 e. The van der Waals surface area contributed by atoms with Gasteiger partial charge in [-0.3, -0.25) is 4.72 Å². The van der Waals surface area contributed by atoms with Gasteiger partial charge in [-0.1, -0.05) is 12.1 Å². The summed E-state index contributed by atoms with van der Waals surface area (Å²) in [5, 5.41) is 0. The van der Waals surface area contributed by atoms with Crippen molar-refractivity contribution < 1.29 is 26.3 Å². The molecule has 0 radical (unpaired) electrons. The van der Waals surface area contributed by atoms with Gasteiger partial charge in [0.25, 0.3) is 0 Å². The number of aromatic nitrogens is 2. The maximum atomic E-state index is 12.0. The molecule has 0 atom stereocenters. The first kappa shape index (κ1) is 16.0. The molecule has 0 amide bonds. The molecule has 1 N–H and O–H groups in total. The van der Waals surface area contributed by atoms with Crippen molar-refractivity contribution in [3.63, 3.8) is 0 Å². The number of halogens is 3. The summed E-state index contributed by atoms with van der Waals surface area (Å²) in [4.78, 5) is 7.43. The third-order valence-electron chi connectivity index (χ3n) is 2.33. The monoisotopic (exact) mass is 333 g/mol. The molecule has 118 valence electrons. The average molecular weight is 333 g/mol. The Morgan fingerprint density at radius 1 is 1.09 bits per heavy atom. The van der Waals surface area contributed by atoms with Crippen LogP contribution in [0.5, 0.6) is 5.75 Å². The molecule has 0 aliphatic heterocycles. The Balaban J connectivity index is 2.04. The summed E-state index contributed by atoms with van der Waals surface area (Å²) in [5.74, 6) is -0.940. The van der Waals surface area contributed by atoms with Crippen molar-refractivity contribution in [2.24, 2.45) is 0 Å². The Labute approximate surface area is 124 Å². The van der Waals surface area contributed by atoms with E-state index in [1.54, 1.807) is 0 Å². The number of nitrogens with zero attached hydrogens (tertiary/aromatic N) is 2. The number of hydrogen-bond donors (Lipinski definition) is 1. The summed E-state index contributed by atoms with van der Waals surface area (Å²) in [6.45, 7) is 0. The lowest BCUT2D eigenvalue weighted by atomic mass is 10.2. The number of hydrogen-bond acceptors (Lipinski definition) is 5. The molecule has 0 unspecified atom stereocenters. The van der Waals surface area contributed by atoms with Gasteiger partial charge in [-0.15, -0.1) is 13.2 Å². The zero-order chi connectivity index (χ0) is 16.2. The summed E-state index contributed by atoms with van der Waals surface area (Å²) >= 11 is 0. The maximum Gasteiger partial charge on any atom is 0.573 e. The molecule has 0 aliphatic rings. The van der Waals surface area contributed by atoms with Gasteiger partial charge < -0.3 is 4.74 Å². The minimum atomic E-state index is -4.79. The van der Waals surface area contributed by atoms with Gasteiger partial charge in [0, 0.05) is 12.4 Å². The molecule has 1 heterocycles. The number of sulfonamides is 1. The maximum absolute atomic E-state index is 12.0. The highest BCUT2D eigenvalue weighted by molar-refractivity contribution is 7.91. The number of nitrogens with one attached hydrogen (secondary N) is 1. The number of ether oxygens (including phenoxy) is 1. The van der Waals surface area contributed by atoms with E-state index in [-0.39, 0.29) is 11.5 Å². The van der Waals surface area contributed by atoms with E-state index < -0.39 is 27.9 Å². The van der Waals surface area contributed by atoms with Gasteiger partial charge in [0.2, 0.25) is 16.0 Å². The number of anilines is 1. The number of benzene rings is 1. The average Bonchev–Trinajstić information content (AvgIpc) is 2.39. The SMILES string of the molecule is O=S(=O)(Cc1ccc(OC(F)(F)F)cc1)Nc1ncccn1. The molecule has 1 aromatic carbocycles. The van der Waals surface area contributed by atoms with E-state index in [1.807, 2.05) is 0 Å². The highest BCUT2D eigenvalue weighted by Crippen LogP contribution is 2.23. The molecule has 2 rings (SSSR count). The van der Waals surface area contributed by atoms with E-state index in [1.165, 1.54) is 30.6 Å². The predicted molar refractivity (Wildman–Crippen MR) is 71.4 cm³/mol. The topological polar surface area (TPSA) is 81.2 Å². The first-order chi connectivity index (χ1) is 10.2. The summed E-state index contributed by atoms with van der Waals surface area (Å²) in [5.41, 5.74) is 0.290. The Morgan fingerprint density at radius 2 is 1.68 bits per heavy atom. The highest BCUT2D eigenvalue weighted by Gasteiger charge is 2.31. The minimum Gasteiger partial charge on any atom is -0.406 e. The van der Waals surface area contributed by atoms with Crippen LogP contribution in [0, 0.1) is 0 Å². The van der Waals surface area contributed by atoms with E-state index in [0.29, 0.717) is 0 Å². The van der Waals surface area contributed by atoms with Crippen molar-refractivity contribution in [1.82, 2.24) is 9.97 Å². The second kappa shape index (κ2) is 6.18. The van der Waals surface area contributed by atoms with Gasteiger partial charge in [-0.05, 0) is 23.8 Å². The molecule has 0 bridgehead atoms. The lowest BCUT2D eigenvalue weighted by Gasteiger charge is -2.10. The van der Waals surface area contributed by atoms with E-state index in [9.17, 15) is 21.6 Å². The molecule has 0 saturated heterocycles. The van der Waals surface area contributed by atoms with E-state index in [2.05, 4.69) is 19.4 Å². The highest BCUT2D eigenvalue weighted by atomic mass is 32.2.